The van der Waals surface area contributed by atoms with Gasteiger partial charge in [0.2, 0.25) is 15.9 Å². The highest BCUT2D eigenvalue weighted by Crippen LogP contribution is 2.28. The Labute approximate surface area is 206 Å². The zero-order chi connectivity index (χ0) is 25.6. The largest absolute Gasteiger partial charge is 0.497 e. The van der Waals surface area contributed by atoms with Crippen LogP contribution in [0.4, 0.5) is 4.39 Å². The van der Waals surface area contributed by atoms with Crippen LogP contribution in [-0.2, 0) is 14.8 Å². The Balaban J connectivity index is 1.75. The van der Waals surface area contributed by atoms with Gasteiger partial charge in [-0.2, -0.15) is 4.31 Å². The molecule has 0 saturated carbocycles. The van der Waals surface area contributed by atoms with Crippen molar-refractivity contribution in [3.63, 3.8) is 0 Å². The minimum Gasteiger partial charge on any atom is -0.497 e. The van der Waals surface area contributed by atoms with Crippen molar-refractivity contribution < 1.29 is 27.1 Å². The number of piperidine rings is 1. The molecule has 1 heterocycles. The summed E-state index contributed by atoms with van der Waals surface area (Å²) in [6.07, 6.45) is 0.827. The number of benzene rings is 2. The first-order chi connectivity index (χ1) is 16.7. The summed E-state index contributed by atoms with van der Waals surface area (Å²) in [5.41, 5.74) is 0.253. The van der Waals surface area contributed by atoms with Crippen molar-refractivity contribution >= 4 is 21.8 Å². The Morgan fingerprint density at radius 1 is 1.06 bits per heavy atom. The third-order valence-electron chi connectivity index (χ3n) is 6.40. The van der Waals surface area contributed by atoms with Gasteiger partial charge in [-0.25, -0.2) is 12.8 Å². The van der Waals surface area contributed by atoms with Gasteiger partial charge in [0.15, 0.2) is 0 Å². The lowest BCUT2D eigenvalue weighted by molar-refractivity contribution is -0.134. The molecule has 1 fully saturated rings. The van der Waals surface area contributed by atoms with Gasteiger partial charge in [-0.05, 0) is 81.1 Å². The maximum Gasteiger partial charge on any atom is 0.251 e. The minimum atomic E-state index is -3.69. The molecule has 0 aromatic heterocycles. The van der Waals surface area contributed by atoms with Gasteiger partial charge in [0, 0.05) is 31.7 Å². The van der Waals surface area contributed by atoms with Crippen LogP contribution < -0.4 is 10.1 Å². The number of nitrogens with zero attached hydrogens (tertiary/aromatic N) is 2. The van der Waals surface area contributed by atoms with Crippen LogP contribution in [0.3, 0.4) is 0 Å². The lowest BCUT2D eigenvalue weighted by Crippen LogP contribution is -2.54. The molecule has 190 valence electrons. The van der Waals surface area contributed by atoms with Gasteiger partial charge in [0.1, 0.15) is 17.6 Å². The van der Waals surface area contributed by atoms with E-state index < -0.39 is 27.8 Å². The topological polar surface area (TPSA) is 96.0 Å². The molecule has 8 nitrogen and oxygen atoms in total. The summed E-state index contributed by atoms with van der Waals surface area (Å²) in [6, 6.07) is 10.5. The van der Waals surface area contributed by atoms with Gasteiger partial charge in [-0.1, -0.05) is 0 Å². The van der Waals surface area contributed by atoms with Crippen LogP contribution in [0.25, 0.3) is 0 Å². The molecule has 1 aliphatic rings. The molecule has 0 aliphatic carbocycles. The summed E-state index contributed by atoms with van der Waals surface area (Å²) in [6.45, 7) is 5.17. The second-order valence-corrected chi connectivity index (χ2v) is 10.3. The normalized spacial score (nSPS) is 15.9. The van der Waals surface area contributed by atoms with E-state index in [1.165, 1.54) is 47.8 Å². The molecule has 0 bridgehead atoms. The molecule has 0 spiro atoms. The molecule has 2 aromatic carbocycles. The smallest absolute Gasteiger partial charge is 0.251 e. The van der Waals surface area contributed by atoms with Gasteiger partial charge >= 0.3 is 0 Å². The molecule has 1 N–H and O–H groups in total. The number of carbonyl (C=O) groups excluding carboxylic acids is 2. The van der Waals surface area contributed by atoms with Crippen LogP contribution in [0.1, 0.15) is 37.0 Å². The van der Waals surface area contributed by atoms with Crippen molar-refractivity contribution in [2.45, 2.75) is 37.6 Å². The number of halogens is 1. The summed E-state index contributed by atoms with van der Waals surface area (Å²) in [7, 11) is -2.18. The minimum absolute atomic E-state index is 0.178. The summed E-state index contributed by atoms with van der Waals surface area (Å²) >= 11 is 0. The summed E-state index contributed by atoms with van der Waals surface area (Å²) < 4.78 is 46.0. The number of hydrogen-bond donors (Lipinski definition) is 1. The van der Waals surface area contributed by atoms with Crippen molar-refractivity contribution in [3.8, 4) is 5.75 Å². The summed E-state index contributed by atoms with van der Waals surface area (Å²) in [5.74, 6) is -0.805. The zero-order valence-electron chi connectivity index (χ0n) is 20.2. The molecule has 10 heteroatoms. The number of sulfonamides is 1. The summed E-state index contributed by atoms with van der Waals surface area (Å²) in [4.78, 5) is 28.0. The van der Waals surface area contributed by atoms with Crippen LogP contribution in [0.2, 0.25) is 0 Å². The first-order valence-electron chi connectivity index (χ1n) is 11.7. The van der Waals surface area contributed by atoms with Crippen LogP contribution in [0.5, 0.6) is 5.75 Å². The van der Waals surface area contributed by atoms with Gasteiger partial charge in [0.25, 0.3) is 5.91 Å². The molecule has 1 saturated heterocycles. The molecule has 35 heavy (non-hydrogen) atoms. The Morgan fingerprint density at radius 3 is 2.14 bits per heavy atom. The molecular formula is C25H32FN3O5S. The standard InChI is InChI=1S/C25H32FN3O5S/c1-4-28(5-2)25(31)23(27-24(30)19-6-8-20(26)9-7-19)18-14-16-29(17-15-18)35(32,33)22-12-10-21(34-3)11-13-22/h6-13,18,23H,4-5,14-17H2,1-3H3,(H,27,30). The number of carbonyl (C=O) groups is 2. The molecular weight excluding hydrogens is 473 g/mol. The van der Waals surface area contributed by atoms with Crippen LogP contribution in [0.15, 0.2) is 53.4 Å². The number of amides is 2. The highest BCUT2D eigenvalue weighted by molar-refractivity contribution is 7.89. The second-order valence-electron chi connectivity index (χ2n) is 8.39. The van der Waals surface area contributed by atoms with E-state index in [0.29, 0.717) is 31.7 Å². The molecule has 1 aliphatic heterocycles. The Hall–Kier alpha value is -2.98. The van der Waals surface area contributed by atoms with Crippen molar-refractivity contribution in [1.29, 1.82) is 0 Å². The fourth-order valence-electron chi connectivity index (χ4n) is 4.29. The summed E-state index contributed by atoms with van der Waals surface area (Å²) in [5, 5.41) is 2.83. The Kier molecular flexibility index (Phi) is 8.85. The lowest BCUT2D eigenvalue weighted by Gasteiger charge is -2.37. The quantitative estimate of drug-likeness (QED) is 0.565. The number of rotatable bonds is 9. The fourth-order valence-corrected chi connectivity index (χ4v) is 5.75. The maximum atomic E-state index is 13.3. The van der Waals surface area contributed by atoms with E-state index in [1.54, 1.807) is 17.0 Å². The Bertz CT molecular complexity index is 1110. The number of hydrogen-bond acceptors (Lipinski definition) is 5. The first kappa shape index (κ1) is 26.6. The molecule has 0 radical (unpaired) electrons. The number of nitrogens with one attached hydrogen (secondary N) is 1. The van der Waals surface area contributed by atoms with Gasteiger partial charge in [-0.15, -0.1) is 0 Å². The highest BCUT2D eigenvalue weighted by atomic mass is 32.2. The first-order valence-corrected chi connectivity index (χ1v) is 13.1. The van der Waals surface area contributed by atoms with Crippen LogP contribution >= 0.6 is 0 Å². The highest BCUT2D eigenvalue weighted by Gasteiger charge is 2.37. The van der Waals surface area contributed by atoms with E-state index in [-0.39, 0.29) is 35.4 Å². The fraction of sp³-hybridized carbons (Fsp3) is 0.440. The molecule has 1 unspecified atom stereocenters. The van der Waals surface area contributed by atoms with Gasteiger partial charge in [-0.3, -0.25) is 9.59 Å². The van der Waals surface area contributed by atoms with Crippen LogP contribution in [-0.4, -0.2) is 68.8 Å². The van der Waals surface area contributed by atoms with E-state index in [2.05, 4.69) is 5.32 Å². The SMILES string of the molecule is CCN(CC)C(=O)C(NC(=O)c1ccc(F)cc1)C1CCN(S(=O)(=O)c2ccc(OC)cc2)CC1. The average Bonchev–Trinajstić information content (AvgIpc) is 2.88. The van der Waals surface area contributed by atoms with Gasteiger partial charge in [0.05, 0.1) is 12.0 Å². The zero-order valence-corrected chi connectivity index (χ0v) is 21.1. The monoisotopic (exact) mass is 505 g/mol. The molecule has 2 aromatic rings. The van der Waals surface area contributed by atoms with E-state index in [4.69, 9.17) is 4.74 Å². The maximum absolute atomic E-state index is 13.3. The van der Waals surface area contributed by atoms with Crippen LogP contribution in [0, 0.1) is 11.7 Å². The van der Waals surface area contributed by atoms with Gasteiger partial charge < -0.3 is 15.0 Å². The second kappa shape index (κ2) is 11.6. The van der Waals surface area contributed by atoms with Crippen molar-refractivity contribution in [3.05, 3.63) is 59.9 Å². The van der Waals surface area contributed by atoms with Crippen molar-refractivity contribution in [2.24, 2.45) is 5.92 Å². The predicted octanol–water partition coefficient (Wildman–Crippen LogP) is 2.90. The van der Waals surface area contributed by atoms with Crippen molar-refractivity contribution in [2.75, 3.05) is 33.3 Å². The molecule has 3 rings (SSSR count). The third kappa shape index (κ3) is 6.18. The third-order valence-corrected chi connectivity index (χ3v) is 8.31. The number of ether oxygens (including phenoxy) is 1. The lowest BCUT2D eigenvalue weighted by atomic mass is 9.89. The molecule has 2 amide bonds. The van der Waals surface area contributed by atoms with Crippen molar-refractivity contribution in [1.82, 2.24) is 14.5 Å². The van der Waals surface area contributed by atoms with E-state index >= 15 is 0 Å². The van der Waals surface area contributed by atoms with E-state index in [0.717, 1.165) is 0 Å². The Morgan fingerprint density at radius 2 is 1.63 bits per heavy atom. The number of methoxy groups -OCH3 is 1. The average molecular weight is 506 g/mol. The van der Waals surface area contributed by atoms with E-state index in [9.17, 15) is 22.4 Å². The van der Waals surface area contributed by atoms with E-state index in [1.807, 2.05) is 13.8 Å². The molecule has 1 atom stereocenters. The predicted molar refractivity (Wildman–Crippen MR) is 130 cm³/mol. The number of likely N-dealkylation sites (N-methyl/N-ethyl adjacent to an activating group) is 1.